The van der Waals surface area contributed by atoms with E-state index < -0.39 is 20.9 Å². The lowest BCUT2D eigenvalue weighted by Gasteiger charge is -2.41. The zero-order valence-corrected chi connectivity index (χ0v) is 12.1. The number of hydrogen-bond donors (Lipinski definition) is 1. The van der Waals surface area contributed by atoms with Gasteiger partial charge in [-0.2, -0.15) is 0 Å². The Hall–Kier alpha value is -0.170. The molecule has 1 saturated heterocycles. The third-order valence-electron chi connectivity index (χ3n) is 4.06. The second-order valence-corrected chi connectivity index (χ2v) is 8.15. The maximum Gasteiger partial charge on any atom is 0.169 e. The molecular weight excluding hydrogens is 254 g/mol. The summed E-state index contributed by atoms with van der Waals surface area (Å²) in [6.07, 6.45) is 1.98. The van der Waals surface area contributed by atoms with E-state index in [0.29, 0.717) is 19.6 Å². The lowest BCUT2D eigenvalue weighted by molar-refractivity contribution is -0.178. The van der Waals surface area contributed by atoms with Crippen molar-refractivity contribution in [2.45, 2.75) is 55.4 Å². The molecule has 2 aliphatic rings. The highest BCUT2D eigenvalue weighted by Crippen LogP contribution is 2.39. The molecule has 0 aromatic carbocycles. The number of nitrogens with one attached hydrogen (secondary N) is 1. The van der Waals surface area contributed by atoms with Gasteiger partial charge in [-0.15, -0.1) is 0 Å². The first kappa shape index (κ1) is 14.2. The maximum absolute atomic E-state index is 12.4. The summed E-state index contributed by atoms with van der Waals surface area (Å²) in [5, 5.41) is 2.34. The van der Waals surface area contributed by atoms with Gasteiger partial charge >= 0.3 is 0 Å². The molecule has 0 aromatic heterocycles. The van der Waals surface area contributed by atoms with Gasteiger partial charge in [-0.05, 0) is 27.3 Å². The van der Waals surface area contributed by atoms with Crippen molar-refractivity contribution in [3.63, 3.8) is 0 Å². The number of rotatable bonds is 3. The van der Waals surface area contributed by atoms with Crippen molar-refractivity contribution in [2.24, 2.45) is 0 Å². The Morgan fingerprint density at radius 1 is 1.28 bits per heavy atom. The van der Waals surface area contributed by atoms with E-state index in [2.05, 4.69) is 5.32 Å². The summed E-state index contributed by atoms with van der Waals surface area (Å²) < 4.78 is 36.2. The van der Waals surface area contributed by atoms with Gasteiger partial charge in [-0.3, -0.25) is 0 Å². The summed E-state index contributed by atoms with van der Waals surface area (Å²) in [5.41, 5.74) is 0. The second-order valence-electron chi connectivity index (χ2n) is 5.42. The number of ether oxygens (including phenoxy) is 2. The number of sulfone groups is 1. The SMILES string of the molecule is CNC1CCC2(CC1S(=O)(=O)C(C)C)OCCO2. The van der Waals surface area contributed by atoms with Gasteiger partial charge in [0.25, 0.3) is 0 Å². The molecule has 1 spiro atoms. The van der Waals surface area contributed by atoms with Crippen LogP contribution in [-0.2, 0) is 19.3 Å². The van der Waals surface area contributed by atoms with Crippen molar-refractivity contribution in [3.05, 3.63) is 0 Å². The van der Waals surface area contributed by atoms with Crippen molar-refractivity contribution in [1.82, 2.24) is 5.32 Å². The minimum Gasteiger partial charge on any atom is -0.347 e. The summed E-state index contributed by atoms with van der Waals surface area (Å²) in [7, 11) is -1.33. The van der Waals surface area contributed by atoms with Gasteiger partial charge in [-0.1, -0.05) is 0 Å². The van der Waals surface area contributed by atoms with Crippen LogP contribution in [-0.4, -0.2) is 51.0 Å². The predicted octanol–water partition coefficient (Wildman–Crippen LogP) is 0.693. The Morgan fingerprint density at radius 2 is 1.89 bits per heavy atom. The molecule has 1 saturated carbocycles. The monoisotopic (exact) mass is 277 g/mol. The molecule has 6 heteroatoms. The molecular formula is C12H23NO4S. The van der Waals surface area contributed by atoms with Crippen LogP contribution in [0.25, 0.3) is 0 Å². The van der Waals surface area contributed by atoms with Gasteiger partial charge < -0.3 is 14.8 Å². The van der Waals surface area contributed by atoms with Gasteiger partial charge in [0.1, 0.15) is 0 Å². The highest BCUT2D eigenvalue weighted by molar-refractivity contribution is 7.92. The van der Waals surface area contributed by atoms with Crippen LogP contribution in [0, 0.1) is 0 Å². The van der Waals surface area contributed by atoms with Gasteiger partial charge in [0.2, 0.25) is 0 Å². The summed E-state index contributed by atoms with van der Waals surface area (Å²) >= 11 is 0. The summed E-state index contributed by atoms with van der Waals surface area (Å²) in [6, 6.07) is -0.00387. The molecule has 2 atom stereocenters. The van der Waals surface area contributed by atoms with Gasteiger partial charge in [0.15, 0.2) is 15.6 Å². The van der Waals surface area contributed by atoms with Crippen molar-refractivity contribution in [1.29, 1.82) is 0 Å². The fourth-order valence-corrected chi connectivity index (χ4v) is 4.81. The van der Waals surface area contributed by atoms with Crippen LogP contribution in [0.1, 0.15) is 33.1 Å². The van der Waals surface area contributed by atoms with Gasteiger partial charge in [0.05, 0.1) is 23.7 Å². The van der Waals surface area contributed by atoms with Crippen LogP contribution in [0.15, 0.2) is 0 Å². The quantitative estimate of drug-likeness (QED) is 0.822. The van der Waals surface area contributed by atoms with E-state index in [1.54, 1.807) is 13.8 Å². The summed E-state index contributed by atoms with van der Waals surface area (Å²) in [6.45, 7) is 4.61. The molecule has 2 fully saturated rings. The zero-order valence-electron chi connectivity index (χ0n) is 11.3. The lowest BCUT2D eigenvalue weighted by Crippen LogP contribution is -2.54. The van der Waals surface area contributed by atoms with Crippen LogP contribution < -0.4 is 5.32 Å². The Kier molecular flexibility index (Phi) is 4.02. The third kappa shape index (κ3) is 2.43. The Morgan fingerprint density at radius 3 is 2.39 bits per heavy atom. The van der Waals surface area contributed by atoms with Crippen molar-refractivity contribution in [3.8, 4) is 0 Å². The Bertz CT molecular complexity index is 387. The van der Waals surface area contributed by atoms with Crippen LogP contribution in [0.5, 0.6) is 0 Å². The van der Waals surface area contributed by atoms with E-state index in [4.69, 9.17) is 9.47 Å². The lowest BCUT2D eigenvalue weighted by atomic mass is 9.89. The van der Waals surface area contributed by atoms with Crippen LogP contribution >= 0.6 is 0 Å². The molecule has 2 rings (SSSR count). The molecule has 1 aliphatic carbocycles. The molecule has 5 nitrogen and oxygen atoms in total. The minimum absolute atomic E-state index is 0.00387. The summed E-state index contributed by atoms with van der Waals surface area (Å²) in [4.78, 5) is 0. The largest absolute Gasteiger partial charge is 0.347 e. The van der Waals surface area contributed by atoms with Crippen molar-refractivity contribution < 1.29 is 17.9 Å². The zero-order chi connectivity index (χ0) is 13.4. The molecule has 1 aliphatic heterocycles. The van der Waals surface area contributed by atoms with E-state index in [9.17, 15) is 8.42 Å². The molecule has 1 heterocycles. The standard InChI is InChI=1S/C12H23NO4S/c1-9(2)18(14,15)11-8-12(16-6-7-17-12)5-4-10(11)13-3/h9-11,13H,4-8H2,1-3H3. The fraction of sp³-hybridized carbons (Fsp3) is 1.00. The fourth-order valence-electron chi connectivity index (χ4n) is 2.90. The van der Waals surface area contributed by atoms with Crippen LogP contribution in [0.3, 0.4) is 0 Å². The average molecular weight is 277 g/mol. The molecule has 106 valence electrons. The van der Waals surface area contributed by atoms with Crippen molar-refractivity contribution >= 4 is 9.84 Å². The molecule has 0 amide bonds. The second kappa shape index (κ2) is 5.07. The highest BCUT2D eigenvalue weighted by Gasteiger charge is 2.49. The summed E-state index contributed by atoms with van der Waals surface area (Å²) in [5.74, 6) is -0.653. The molecule has 0 aromatic rings. The van der Waals surface area contributed by atoms with Gasteiger partial charge in [-0.25, -0.2) is 8.42 Å². The topological polar surface area (TPSA) is 64.6 Å². The van der Waals surface area contributed by atoms with E-state index in [1.165, 1.54) is 0 Å². The highest BCUT2D eigenvalue weighted by atomic mass is 32.2. The molecule has 1 N–H and O–H groups in total. The smallest absolute Gasteiger partial charge is 0.169 e. The van der Waals surface area contributed by atoms with Crippen LogP contribution in [0.4, 0.5) is 0 Å². The normalized spacial score (nSPS) is 32.2. The van der Waals surface area contributed by atoms with E-state index >= 15 is 0 Å². The first-order valence-electron chi connectivity index (χ1n) is 6.59. The predicted molar refractivity (Wildman–Crippen MR) is 69.2 cm³/mol. The van der Waals surface area contributed by atoms with E-state index in [-0.39, 0.29) is 11.3 Å². The molecule has 0 radical (unpaired) electrons. The van der Waals surface area contributed by atoms with Crippen LogP contribution in [0.2, 0.25) is 0 Å². The number of hydrogen-bond acceptors (Lipinski definition) is 5. The third-order valence-corrected chi connectivity index (χ3v) is 6.71. The molecule has 2 unspecified atom stereocenters. The maximum atomic E-state index is 12.4. The first-order chi connectivity index (χ1) is 8.41. The van der Waals surface area contributed by atoms with E-state index in [1.807, 2.05) is 7.05 Å². The minimum atomic E-state index is -3.15. The van der Waals surface area contributed by atoms with Crippen molar-refractivity contribution in [2.75, 3.05) is 20.3 Å². The van der Waals surface area contributed by atoms with E-state index in [0.717, 1.165) is 12.8 Å². The molecule has 18 heavy (non-hydrogen) atoms. The first-order valence-corrected chi connectivity index (χ1v) is 8.20. The molecule has 0 bridgehead atoms. The Labute approximate surface area is 109 Å². The van der Waals surface area contributed by atoms with Gasteiger partial charge in [0, 0.05) is 18.9 Å². The average Bonchev–Trinajstić information content (AvgIpc) is 2.77. The Balaban J connectivity index is 2.23.